The summed E-state index contributed by atoms with van der Waals surface area (Å²) in [6.07, 6.45) is 0.818. The van der Waals surface area contributed by atoms with Gasteiger partial charge in [-0.1, -0.05) is 18.2 Å². The Morgan fingerprint density at radius 2 is 1.95 bits per heavy atom. The maximum atomic E-state index is 12.5. The number of hydrogen-bond donors (Lipinski definition) is 1. The van der Waals surface area contributed by atoms with Crippen LogP contribution in [0.1, 0.15) is 18.6 Å². The number of aromatic nitrogens is 1. The second-order valence-electron chi connectivity index (χ2n) is 4.41. The van der Waals surface area contributed by atoms with Crippen molar-refractivity contribution < 1.29 is 13.5 Å². The van der Waals surface area contributed by atoms with Crippen molar-refractivity contribution in [3.63, 3.8) is 0 Å². The summed E-state index contributed by atoms with van der Waals surface area (Å²) in [6, 6.07) is 11.3. The zero-order valence-corrected chi connectivity index (χ0v) is 12.1. The topological polar surface area (TPSA) is 70.5 Å². The molecule has 0 aliphatic heterocycles. The molecular weight excluding hydrogens is 276 g/mol. The van der Waals surface area contributed by atoms with Gasteiger partial charge in [-0.2, -0.15) is 0 Å². The molecule has 20 heavy (non-hydrogen) atoms. The number of sulfonamides is 1. The van der Waals surface area contributed by atoms with E-state index in [1.807, 2.05) is 0 Å². The average Bonchev–Trinajstić information content (AvgIpc) is 2.47. The summed E-state index contributed by atoms with van der Waals surface area (Å²) in [6.45, 7) is 1.59. The molecule has 1 aromatic carbocycles. The highest BCUT2D eigenvalue weighted by atomic mass is 32.2. The number of aliphatic hydroxyl groups is 1. The average molecular weight is 292 g/mol. The van der Waals surface area contributed by atoms with Crippen molar-refractivity contribution in [2.75, 3.05) is 11.4 Å². The van der Waals surface area contributed by atoms with Gasteiger partial charge >= 0.3 is 0 Å². The summed E-state index contributed by atoms with van der Waals surface area (Å²) in [7, 11) is -2.24. The summed E-state index contributed by atoms with van der Waals surface area (Å²) < 4.78 is 26.1. The Hall–Kier alpha value is -1.92. The Kier molecular flexibility index (Phi) is 4.06. The molecule has 1 aromatic heterocycles. The highest BCUT2D eigenvalue weighted by Crippen LogP contribution is 2.22. The van der Waals surface area contributed by atoms with Gasteiger partial charge in [0.1, 0.15) is 5.82 Å². The zero-order valence-electron chi connectivity index (χ0n) is 11.3. The van der Waals surface area contributed by atoms with Crippen molar-refractivity contribution in [3.05, 3.63) is 54.2 Å². The second-order valence-corrected chi connectivity index (χ2v) is 6.38. The van der Waals surface area contributed by atoms with Crippen LogP contribution in [0.5, 0.6) is 0 Å². The van der Waals surface area contributed by atoms with Crippen LogP contribution >= 0.6 is 0 Å². The van der Waals surface area contributed by atoms with Gasteiger partial charge in [0.2, 0.25) is 0 Å². The number of anilines is 1. The molecule has 1 N–H and O–H groups in total. The van der Waals surface area contributed by atoms with Crippen molar-refractivity contribution in [2.24, 2.45) is 0 Å². The Labute approximate surface area is 118 Å². The summed E-state index contributed by atoms with van der Waals surface area (Å²) >= 11 is 0. The van der Waals surface area contributed by atoms with E-state index < -0.39 is 16.1 Å². The third-order valence-electron chi connectivity index (χ3n) is 2.97. The maximum Gasteiger partial charge on any atom is 0.265 e. The predicted molar refractivity (Wildman–Crippen MR) is 76.9 cm³/mol. The lowest BCUT2D eigenvalue weighted by Gasteiger charge is -2.19. The summed E-state index contributed by atoms with van der Waals surface area (Å²) in [4.78, 5) is 4.15. The molecule has 0 fully saturated rings. The van der Waals surface area contributed by atoms with Crippen LogP contribution in [0.15, 0.2) is 53.6 Å². The van der Waals surface area contributed by atoms with Crippen molar-refractivity contribution >= 4 is 15.8 Å². The first-order chi connectivity index (χ1) is 9.43. The van der Waals surface area contributed by atoms with Gasteiger partial charge in [-0.15, -0.1) is 0 Å². The van der Waals surface area contributed by atoms with Crippen LogP contribution in [0, 0.1) is 0 Å². The van der Waals surface area contributed by atoms with Crippen LogP contribution in [-0.2, 0) is 10.0 Å². The molecule has 0 spiro atoms. The molecule has 1 atom stereocenters. The van der Waals surface area contributed by atoms with Crippen molar-refractivity contribution in [1.29, 1.82) is 0 Å². The van der Waals surface area contributed by atoms with Gasteiger partial charge in [0.25, 0.3) is 10.0 Å². The normalized spacial score (nSPS) is 12.9. The van der Waals surface area contributed by atoms with E-state index in [0.29, 0.717) is 11.4 Å². The minimum atomic E-state index is -3.69. The van der Waals surface area contributed by atoms with Crippen LogP contribution in [0.2, 0.25) is 0 Å². The number of rotatable bonds is 4. The quantitative estimate of drug-likeness (QED) is 0.935. The van der Waals surface area contributed by atoms with Crippen LogP contribution in [-0.4, -0.2) is 25.6 Å². The molecule has 0 saturated carbocycles. The fourth-order valence-corrected chi connectivity index (χ4v) is 2.96. The lowest BCUT2D eigenvalue weighted by atomic mass is 10.1. The number of aliphatic hydroxyl groups excluding tert-OH is 1. The molecule has 5 nitrogen and oxygen atoms in total. The molecule has 0 aliphatic carbocycles. The Balaban J connectivity index is 2.43. The smallest absolute Gasteiger partial charge is 0.265 e. The SMILES string of the molecule is CC(O)c1cccc(S(=O)(=O)N(C)c2ccccn2)c1. The fourth-order valence-electron chi connectivity index (χ4n) is 1.76. The third kappa shape index (κ3) is 2.81. The molecule has 2 rings (SSSR count). The molecule has 2 aromatic rings. The van der Waals surface area contributed by atoms with Gasteiger partial charge in [0, 0.05) is 13.2 Å². The molecule has 1 unspecified atom stereocenters. The third-order valence-corrected chi connectivity index (χ3v) is 4.73. The van der Waals surface area contributed by atoms with Crippen LogP contribution < -0.4 is 4.31 Å². The highest BCUT2D eigenvalue weighted by molar-refractivity contribution is 7.92. The Morgan fingerprint density at radius 1 is 1.20 bits per heavy atom. The van der Waals surface area contributed by atoms with E-state index in [1.165, 1.54) is 25.4 Å². The lowest BCUT2D eigenvalue weighted by molar-refractivity contribution is 0.199. The van der Waals surface area contributed by atoms with Gasteiger partial charge in [0.15, 0.2) is 0 Å². The van der Waals surface area contributed by atoms with Crippen molar-refractivity contribution in [3.8, 4) is 0 Å². The van der Waals surface area contributed by atoms with Gasteiger partial charge in [-0.3, -0.25) is 4.31 Å². The number of hydrogen-bond acceptors (Lipinski definition) is 4. The molecule has 6 heteroatoms. The molecule has 0 amide bonds. The molecule has 0 saturated heterocycles. The largest absolute Gasteiger partial charge is 0.389 e. The first-order valence-corrected chi connectivity index (χ1v) is 7.55. The van der Waals surface area contributed by atoms with Gasteiger partial charge in [-0.05, 0) is 36.8 Å². The van der Waals surface area contributed by atoms with Crippen LogP contribution in [0.3, 0.4) is 0 Å². The van der Waals surface area contributed by atoms with Crippen molar-refractivity contribution in [1.82, 2.24) is 4.98 Å². The predicted octanol–water partition coefficient (Wildman–Crippen LogP) is 1.96. The maximum absolute atomic E-state index is 12.5. The minimum absolute atomic E-state index is 0.129. The molecule has 106 valence electrons. The lowest BCUT2D eigenvalue weighted by Crippen LogP contribution is -2.27. The fraction of sp³-hybridized carbons (Fsp3) is 0.214. The molecular formula is C14H16N2O3S. The number of nitrogens with zero attached hydrogens (tertiary/aromatic N) is 2. The van der Waals surface area contributed by atoms with Crippen LogP contribution in [0.25, 0.3) is 0 Å². The van der Waals surface area contributed by atoms with E-state index in [9.17, 15) is 13.5 Å². The summed E-state index contributed by atoms with van der Waals surface area (Å²) in [5, 5.41) is 9.55. The van der Waals surface area contributed by atoms with Crippen molar-refractivity contribution in [2.45, 2.75) is 17.9 Å². The van der Waals surface area contributed by atoms with Gasteiger partial charge < -0.3 is 5.11 Å². The van der Waals surface area contributed by atoms with Crippen LogP contribution in [0.4, 0.5) is 5.82 Å². The molecule has 1 heterocycles. The Bertz CT molecular complexity index is 685. The van der Waals surface area contributed by atoms with E-state index in [4.69, 9.17) is 0 Å². The van der Waals surface area contributed by atoms with E-state index >= 15 is 0 Å². The first kappa shape index (κ1) is 14.5. The molecule has 0 radical (unpaired) electrons. The number of benzene rings is 1. The summed E-state index contributed by atoms with van der Waals surface area (Å²) in [5.74, 6) is 0.343. The van der Waals surface area contributed by atoms with E-state index in [1.54, 1.807) is 37.3 Å². The monoisotopic (exact) mass is 292 g/mol. The highest BCUT2D eigenvalue weighted by Gasteiger charge is 2.22. The van der Waals surface area contributed by atoms with Gasteiger partial charge in [-0.25, -0.2) is 13.4 Å². The number of pyridine rings is 1. The second kappa shape index (κ2) is 5.60. The minimum Gasteiger partial charge on any atom is -0.389 e. The van der Waals surface area contributed by atoms with Gasteiger partial charge in [0.05, 0.1) is 11.0 Å². The molecule has 0 aliphatic rings. The van der Waals surface area contributed by atoms with E-state index in [0.717, 1.165) is 4.31 Å². The molecule has 0 bridgehead atoms. The first-order valence-electron chi connectivity index (χ1n) is 6.11. The summed E-state index contributed by atoms with van der Waals surface area (Å²) in [5.41, 5.74) is 0.556. The standard InChI is InChI=1S/C14H16N2O3S/c1-11(17)12-6-5-7-13(10-12)20(18,19)16(2)14-8-3-4-9-15-14/h3-11,17H,1-2H3. The van der Waals surface area contributed by atoms with E-state index in [-0.39, 0.29) is 4.90 Å². The zero-order chi connectivity index (χ0) is 14.8. The van der Waals surface area contributed by atoms with E-state index in [2.05, 4.69) is 4.98 Å². The Morgan fingerprint density at radius 3 is 2.55 bits per heavy atom.